The van der Waals surface area contributed by atoms with Crippen molar-refractivity contribution < 1.29 is 0 Å². The second-order valence-electron chi connectivity index (χ2n) is 7.89. The van der Waals surface area contributed by atoms with Crippen molar-refractivity contribution in [3.05, 3.63) is 0 Å². The van der Waals surface area contributed by atoms with Gasteiger partial charge in [0, 0.05) is 24.7 Å². The minimum atomic E-state index is 0.387. The number of hydrogen-bond acceptors (Lipinski definition) is 2. The standard InChI is InChI=1S/C16H32N2/c1-11-8-12(2)13(3)18(10-11)15-9-16(4,5)7-6-14(15)17/h11-15H,6-10,17H2,1-5H3. The molecule has 2 aliphatic rings. The molecule has 2 rings (SSSR count). The van der Waals surface area contributed by atoms with Gasteiger partial charge in [-0.25, -0.2) is 0 Å². The molecule has 0 aromatic carbocycles. The van der Waals surface area contributed by atoms with Crippen LogP contribution < -0.4 is 5.73 Å². The van der Waals surface area contributed by atoms with E-state index in [1.807, 2.05) is 0 Å². The minimum absolute atomic E-state index is 0.387. The molecular formula is C16H32N2. The summed E-state index contributed by atoms with van der Waals surface area (Å²) < 4.78 is 0. The van der Waals surface area contributed by atoms with E-state index in [9.17, 15) is 0 Å². The third-order valence-corrected chi connectivity index (χ3v) is 5.48. The zero-order valence-corrected chi connectivity index (χ0v) is 12.9. The maximum atomic E-state index is 6.44. The molecule has 5 unspecified atom stereocenters. The SMILES string of the molecule is CC1CC(C)C(C)N(C2CC(C)(C)CCC2N)C1. The van der Waals surface area contributed by atoms with Gasteiger partial charge in [0.25, 0.3) is 0 Å². The van der Waals surface area contributed by atoms with Crippen LogP contribution >= 0.6 is 0 Å². The molecule has 2 nitrogen and oxygen atoms in total. The predicted octanol–water partition coefficient (Wildman–Crippen LogP) is 3.26. The summed E-state index contributed by atoms with van der Waals surface area (Å²) in [5.74, 6) is 1.64. The Morgan fingerprint density at radius 3 is 2.50 bits per heavy atom. The van der Waals surface area contributed by atoms with Gasteiger partial charge >= 0.3 is 0 Å². The lowest BCUT2D eigenvalue weighted by molar-refractivity contribution is -0.00563. The van der Waals surface area contributed by atoms with Crippen molar-refractivity contribution in [3.63, 3.8) is 0 Å². The number of piperidine rings is 1. The average molecular weight is 252 g/mol. The summed E-state index contributed by atoms with van der Waals surface area (Å²) >= 11 is 0. The van der Waals surface area contributed by atoms with Crippen LogP contribution in [0.1, 0.15) is 60.3 Å². The van der Waals surface area contributed by atoms with E-state index < -0.39 is 0 Å². The van der Waals surface area contributed by atoms with Gasteiger partial charge < -0.3 is 5.73 Å². The van der Waals surface area contributed by atoms with Crippen LogP contribution in [0.4, 0.5) is 0 Å². The van der Waals surface area contributed by atoms with Crippen LogP contribution in [0.15, 0.2) is 0 Å². The Balaban J connectivity index is 2.12. The molecule has 1 saturated carbocycles. The van der Waals surface area contributed by atoms with Gasteiger partial charge in [-0.3, -0.25) is 4.90 Å². The van der Waals surface area contributed by atoms with Crippen LogP contribution in [0.25, 0.3) is 0 Å². The summed E-state index contributed by atoms with van der Waals surface area (Å²) in [4.78, 5) is 2.74. The first kappa shape index (κ1) is 14.3. The fourth-order valence-corrected chi connectivity index (χ4v) is 4.13. The second kappa shape index (κ2) is 5.13. The molecule has 0 aromatic rings. The molecule has 0 bridgehead atoms. The van der Waals surface area contributed by atoms with Crippen molar-refractivity contribution in [2.24, 2.45) is 23.0 Å². The highest BCUT2D eigenvalue weighted by Gasteiger charge is 2.40. The number of nitrogens with zero attached hydrogens (tertiary/aromatic N) is 1. The normalized spacial score (nSPS) is 46.0. The van der Waals surface area contributed by atoms with Gasteiger partial charge in [-0.15, -0.1) is 0 Å². The van der Waals surface area contributed by atoms with Crippen molar-refractivity contribution >= 4 is 0 Å². The van der Waals surface area contributed by atoms with E-state index in [0.717, 1.165) is 11.8 Å². The van der Waals surface area contributed by atoms with Crippen molar-refractivity contribution in [2.75, 3.05) is 6.54 Å². The molecule has 1 heterocycles. The quantitative estimate of drug-likeness (QED) is 0.776. The van der Waals surface area contributed by atoms with E-state index in [2.05, 4.69) is 39.5 Å². The molecule has 1 saturated heterocycles. The van der Waals surface area contributed by atoms with Crippen molar-refractivity contribution in [1.29, 1.82) is 0 Å². The Morgan fingerprint density at radius 1 is 1.17 bits per heavy atom. The molecule has 0 amide bonds. The molecule has 2 fully saturated rings. The fourth-order valence-electron chi connectivity index (χ4n) is 4.13. The number of nitrogens with two attached hydrogens (primary N) is 1. The van der Waals surface area contributed by atoms with Crippen LogP contribution in [0.3, 0.4) is 0 Å². The third-order valence-electron chi connectivity index (χ3n) is 5.48. The molecule has 5 atom stereocenters. The summed E-state index contributed by atoms with van der Waals surface area (Å²) in [6.07, 6.45) is 5.14. The van der Waals surface area contributed by atoms with Gasteiger partial charge in [-0.1, -0.05) is 27.7 Å². The van der Waals surface area contributed by atoms with Gasteiger partial charge in [0.05, 0.1) is 0 Å². The van der Waals surface area contributed by atoms with Gasteiger partial charge in [0.2, 0.25) is 0 Å². The molecule has 0 aromatic heterocycles. The van der Waals surface area contributed by atoms with E-state index >= 15 is 0 Å². The maximum Gasteiger partial charge on any atom is 0.0255 e. The van der Waals surface area contributed by atoms with Crippen LogP contribution in [0.5, 0.6) is 0 Å². The predicted molar refractivity (Wildman–Crippen MR) is 78.5 cm³/mol. The van der Waals surface area contributed by atoms with Gasteiger partial charge in [-0.2, -0.15) is 0 Å². The molecule has 1 aliphatic carbocycles. The molecular weight excluding hydrogens is 220 g/mol. The summed E-state index contributed by atoms with van der Waals surface area (Å²) in [7, 11) is 0. The monoisotopic (exact) mass is 252 g/mol. The van der Waals surface area contributed by atoms with E-state index in [4.69, 9.17) is 5.73 Å². The summed E-state index contributed by atoms with van der Waals surface area (Å²) in [6.45, 7) is 13.3. The smallest absolute Gasteiger partial charge is 0.0255 e. The first-order valence-corrected chi connectivity index (χ1v) is 7.81. The zero-order chi connectivity index (χ0) is 13.5. The van der Waals surface area contributed by atoms with Crippen molar-refractivity contribution in [3.8, 4) is 0 Å². The largest absolute Gasteiger partial charge is 0.326 e. The van der Waals surface area contributed by atoms with Crippen LogP contribution in [0, 0.1) is 17.3 Å². The highest BCUT2D eigenvalue weighted by Crippen LogP contribution is 2.40. The zero-order valence-electron chi connectivity index (χ0n) is 12.9. The van der Waals surface area contributed by atoms with Gasteiger partial charge in [0.1, 0.15) is 0 Å². The molecule has 106 valence electrons. The summed E-state index contributed by atoms with van der Waals surface area (Å²) in [5.41, 5.74) is 6.92. The van der Waals surface area contributed by atoms with Gasteiger partial charge in [-0.05, 0) is 49.9 Å². The molecule has 0 radical (unpaired) electrons. The Bertz CT molecular complexity index is 287. The van der Waals surface area contributed by atoms with Crippen molar-refractivity contribution in [1.82, 2.24) is 4.90 Å². The van der Waals surface area contributed by atoms with Crippen LogP contribution in [0.2, 0.25) is 0 Å². The van der Waals surface area contributed by atoms with Crippen LogP contribution in [-0.2, 0) is 0 Å². The molecule has 2 heteroatoms. The highest BCUT2D eigenvalue weighted by molar-refractivity contribution is 4.96. The number of hydrogen-bond donors (Lipinski definition) is 1. The summed E-state index contributed by atoms with van der Waals surface area (Å²) in [5, 5.41) is 0. The van der Waals surface area contributed by atoms with E-state index in [1.165, 1.54) is 32.2 Å². The molecule has 1 aliphatic heterocycles. The summed E-state index contributed by atoms with van der Waals surface area (Å²) in [6, 6.07) is 1.69. The Labute approximate surface area is 113 Å². The molecule has 2 N–H and O–H groups in total. The first-order chi connectivity index (χ1) is 8.30. The first-order valence-electron chi connectivity index (χ1n) is 7.81. The average Bonchev–Trinajstić information content (AvgIpc) is 2.27. The fraction of sp³-hybridized carbons (Fsp3) is 1.00. The highest BCUT2D eigenvalue weighted by atomic mass is 15.2. The number of rotatable bonds is 1. The Kier molecular flexibility index (Phi) is 4.08. The van der Waals surface area contributed by atoms with Gasteiger partial charge in [0.15, 0.2) is 0 Å². The van der Waals surface area contributed by atoms with E-state index in [-0.39, 0.29) is 0 Å². The maximum absolute atomic E-state index is 6.44. The van der Waals surface area contributed by atoms with E-state index in [0.29, 0.717) is 23.5 Å². The Hall–Kier alpha value is -0.0800. The lowest BCUT2D eigenvalue weighted by Crippen LogP contribution is -2.59. The van der Waals surface area contributed by atoms with Crippen molar-refractivity contribution in [2.45, 2.75) is 78.4 Å². The molecule has 18 heavy (non-hydrogen) atoms. The third kappa shape index (κ3) is 2.91. The lowest BCUT2D eigenvalue weighted by atomic mass is 9.71. The molecule has 0 spiro atoms. The second-order valence-corrected chi connectivity index (χ2v) is 7.89. The topological polar surface area (TPSA) is 29.3 Å². The Morgan fingerprint density at radius 2 is 1.83 bits per heavy atom. The van der Waals surface area contributed by atoms with Crippen LogP contribution in [-0.4, -0.2) is 29.6 Å². The van der Waals surface area contributed by atoms with E-state index in [1.54, 1.807) is 0 Å². The lowest BCUT2D eigenvalue weighted by Gasteiger charge is -2.51. The minimum Gasteiger partial charge on any atom is -0.326 e. The number of likely N-dealkylation sites (tertiary alicyclic amines) is 1.